The maximum atomic E-state index is 5.98. The second-order valence-corrected chi connectivity index (χ2v) is 5.68. The van der Waals surface area contributed by atoms with E-state index in [1.165, 1.54) is 5.56 Å². The topological polar surface area (TPSA) is 35.2 Å². The Balaban J connectivity index is 2.01. The van der Waals surface area contributed by atoms with E-state index in [0.717, 1.165) is 17.7 Å². The molecule has 0 amide bonds. The molecule has 0 heterocycles. The Morgan fingerprint density at radius 3 is 2.55 bits per heavy atom. The molecular weight excluding hydrogens is 293 g/mol. The summed E-state index contributed by atoms with van der Waals surface area (Å²) >= 11 is 11.9. The number of ether oxygens (including phenoxy) is 1. The van der Waals surface area contributed by atoms with Crippen molar-refractivity contribution < 1.29 is 4.74 Å². The largest absolute Gasteiger partial charge is 0.489 e. The van der Waals surface area contributed by atoms with Gasteiger partial charge in [-0.1, -0.05) is 41.4 Å². The van der Waals surface area contributed by atoms with Crippen molar-refractivity contribution in [2.45, 2.75) is 26.0 Å². The van der Waals surface area contributed by atoms with Crippen LogP contribution in [0, 0.1) is 0 Å². The molecule has 2 aromatic carbocycles. The molecule has 0 radical (unpaired) electrons. The van der Waals surface area contributed by atoms with Crippen LogP contribution in [0.4, 0.5) is 0 Å². The summed E-state index contributed by atoms with van der Waals surface area (Å²) in [6, 6.07) is 13.6. The minimum atomic E-state index is 0.139. The fourth-order valence-corrected chi connectivity index (χ4v) is 2.25. The van der Waals surface area contributed by atoms with Gasteiger partial charge < -0.3 is 10.5 Å². The SMILES string of the molecule is CC(N)Cc1cccc(OCc2ccc(Cl)c(Cl)c2)c1. The van der Waals surface area contributed by atoms with E-state index < -0.39 is 0 Å². The molecule has 0 saturated carbocycles. The van der Waals surface area contributed by atoms with Gasteiger partial charge in [-0.05, 0) is 48.7 Å². The zero-order valence-corrected chi connectivity index (χ0v) is 12.8. The molecule has 0 aliphatic heterocycles. The summed E-state index contributed by atoms with van der Waals surface area (Å²) in [5.74, 6) is 0.828. The predicted molar refractivity (Wildman–Crippen MR) is 84.6 cm³/mol. The Kier molecular flexibility index (Phi) is 5.30. The monoisotopic (exact) mass is 309 g/mol. The van der Waals surface area contributed by atoms with Crippen LogP contribution in [-0.2, 0) is 13.0 Å². The number of benzene rings is 2. The molecule has 0 spiro atoms. The smallest absolute Gasteiger partial charge is 0.120 e. The Morgan fingerprint density at radius 2 is 1.85 bits per heavy atom. The molecule has 1 atom stereocenters. The van der Waals surface area contributed by atoms with Gasteiger partial charge in [0.05, 0.1) is 10.0 Å². The third-order valence-electron chi connectivity index (χ3n) is 2.85. The van der Waals surface area contributed by atoms with Crippen molar-refractivity contribution in [1.29, 1.82) is 0 Å². The van der Waals surface area contributed by atoms with Gasteiger partial charge in [-0.2, -0.15) is 0 Å². The summed E-state index contributed by atoms with van der Waals surface area (Å²) in [5.41, 5.74) is 7.96. The maximum absolute atomic E-state index is 5.98. The lowest BCUT2D eigenvalue weighted by atomic mass is 10.1. The van der Waals surface area contributed by atoms with Gasteiger partial charge in [-0.3, -0.25) is 0 Å². The molecule has 20 heavy (non-hydrogen) atoms. The molecule has 2 aromatic rings. The highest BCUT2D eigenvalue weighted by Gasteiger charge is 2.03. The van der Waals surface area contributed by atoms with Crippen LogP contribution in [0.5, 0.6) is 5.75 Å². The Bertz CT molecular complexity index is 584. The molecule has 0 aliphatic rings. The minimum Gasteiger partial charge on any atom is -0.489 e. The Hall–Kier alpha value is -1.22. The predicted octanol–water partition coefficient (Wildman–Crippen LogP) is 4.46. The molecule has 0 aromatic heterocycles. The van der Waals surface area contributed by atoms with Crippen molar-refractivity contribution in [2.24, 2.45) is 5.73 Å². The van der Waals surface area contributed by atoms with E-state index in [1.807, 2.05) is 37.3 Å². The van der Waals surface area contributed by atoms with Crippen molar-refractivity contribution in [3.8, 4) is 5.75 Å². The Morgan fingerprint density at radius 1 is 1.05 bits per heavy atom. The van der Waals surface area contributed by atoms with E-state index in [1.54, 1.807) is 6.07 Å². The van der Waals surface area contributed by atoms with Crippen LogP contribution in [0.2, 0.25) is 10.0 Å². The molecule has 2 rings (SSSR count). The summed E-state index contributed by atoms with van der Waals surface area (Å²) < 4.78 is 5.77. The molecule has 0 aliphatic carbocycles. The van der Waals surface area contributed by atoms with Gasteiger partial charge in [0.1, 0.15) is 12.4 Å². The van der Waals surface area contributed by atoms with Gasteiger partial charge in [0, 0.05) is 6.04 Å². The standard InChI is InChI=1S/C16H17Cl2NO/c1-11(19)7-12-3-2-4-14(8-12)20-10-13-5-6-15(17)16(18)9-13/h2-6,8-9,11H,7,10,19H2,1H3. The normalized spacial score (nSPS) is 12.2. The second-order valence-electron chi connectivity index (χ2n) is 4.87. The summed E-state index contributed by atoms with van der Waals surface area (Å²) in [6.45, 7) is 2.45. The lowest BCUT2D eigenvalue weighted by Crippen LogP contribution is -2.17. The van der Waals surface area contributed by atoms with Crippen molar-refractivity contribution in [1.82, 2.24) is 0 Å². The number of hydrogen-bond donors (Lipinski definition) is 1. The molecule has 1 unspecified atom stereocenters. The summed E-state index contributed by atoms with van der Waals surface area (Å²) in [5, 5.41) is 1.09. The highest BCUT2D eigenvalue weighted by Crippen LogP contribution is 2.23. The van der Waals surface area contributed by atoms with Gasteiger partial charge >= 0.3 is 0 Å². The number of hydrogen-bond acceptors (Lipinski definition) is 2. The molecule has 0 bridgehead atoms. The van der Waals surface area contributed by atoms with Crippen LogP contribution < -0.4 is 10.5 Å². The van der Waals surface area contributed by atoms with E-state index in [2.05, 4.69) is 6.07 Å². The van der Waals surface area contributed by atoms with Crippen LogP contribution >= 0.6 is 23.2 Å². The summed E-state index contributed by atoms with van der Waals surface area (Å²) in [7, 11) is 0. The van der Waals surface area contributed by atoms with E-state index in [-0.39, 0.29) is 6.04 Å². The summed E-state index contributed by atoms with van der Waals surface area (Å²) in [4.78, 5) is 0. The molecule has 0 fully saturated rings. The third-order valence-corrected chi connectivity index (χ3v) is 3.58. The molecule has 0 saturated heterocycles. The van der Waals surface area contributed by atoms with Crippen molar-refractivity contribution >= 4 is 23.2 Å². The van der Waals surface area contributed by atoms with Gasteiger partial charge in [-0.25, -0.2) is 0 Å². The van der Waals surface area contributed by atoms with Crippen molar-refractivity contribution in [2.75, 3.05) is 0 Å². The average Bonchev–Trinajstić information content (AvgIpc) is 2.40. The lowest BCUT2D eigenvalue weighted by Gasteiger charge is -2.10. The van der Waals surface area contributed by atoms with Crippen LogP contribution in [0.25, 0.3) is 0 Å². The highest BCUT2D eigenvalue weighted by molar-refractivity contribution is 6.42. The van der Waals surface area contributed by atoms with Crippen LogP contribution in [0.15, 0.2) is 42.5 Å². The van der Waals surface area contributed by atoms with E-state index in [9.17, 15) is 0 Å². The lowest BCUT2D eigenvalue weighted by molar-refractivity contribution is 0.306. The maximum Gasteiger partial charge on any atom is 0.120 e. The molecule has 2 nitrogen and oxygen atoms in total. The first kappa shape index (κ1) is 15.2. The minimum absolute atomic E-state index is 0.139. The zero-order valence-electron chi connectivity index (χ0n) is 11.3. The van der Waals surface area contributed by atoms with Crippen molar-refractivity contribution in [3.05, 3.63) is 63.6 Å². The first-order valence-corrected chi connectivity index (χ1v) is 7.21. The second kappa shape index (κ2) is 6.98. The van der Waals surface area contributed by atoms with E-state index in [4.69, 9.17) is 33.7 Å². The Labute approximate surface area is 129 Å². The molecule has 2 N–H and O–H groups in total. The fraction of sp³-hybridized carbons (Fsp3) is 0.250. The van der Waals surface area contributed by atoms with Crippen LogP contribution in [0.3, 0.4) is 0 Å². The van der Waals surface area contributed by atoms with Gasteiger partial charge in [-0.15, -0.1) is 0 Å². The van der Waals surface area contributed by atoms with E-state index in [0.29, 0.717) is 16.7 Å². The summed E-state index contributed by atoms with van der Waals surface area (Å²) in [6.07, 6.45) is 0.837. The van der Waals surface area contributed by atoms with Gasteiger partial charge in [0.25, 0.3) is 0 Å². The number of nitrogens with two attached hydrogens (primary N) is 1. The quantitative estimate of drug-likeness (QED) is 0.885. The average molecular weight is 310 g/mol. The van der Waals surface area contributed by atoms with Crippen LogP contribution in [-0.4, -0.2) is 6.04 Å². The molecule has 4 heteroatoms. The highest BCUT2D eigenvalue weighted by atomic mass is 35.5. The van der Waals surface area contributed by atoms with Gasteiger partial charge in [0.2, 0.25) is 0 Å². The van der Waals surface area contributed by atoms with Crippen LogP contribution in [0.1, 0.15) is 18.1 Å². The first-order chi connectivity index (χ1) is 9.54. The zero-order chi connectivity index (χ0) is 14.5. The third kappa shape index (κ3) is 4.41. The first-order valence-electron chi connectivity index (χ1n) is 6.46. The van der Waals surface area contributed by atoms with E-state index >= 15 is 0 Å². The molecular formula is C16H17Cl2NO. The van der Waals surface area contributed by atoms with Gasteiger partial charge in [0.15, 0.2) is 0 Å². The molecule has 106 valence electrons. The number of rotatable bonds is 5. The fourth-order valence-electron chi connectivity index (χ4n) is 1.93. The van der Waals surface area contributed by atoms with Crippen molar-refractivity contribution in [3.63, 3.8) is 0 Å². The number of halogens is 2.